The second-order valence-electron chi connectivity index (χ2n) is 7.85. The lowest BCUT2D eigenvalue weighted by atomic mass is 10.1. The van der Waals surface area contributed by atoms with Gasteiger partial charge in [-0.2, -0.15) is 0 Å². The van der Waals surface area contributed by atoms with Crippen LogP contribution in [-0.2, 0) is 9.59 Å². The van der Waals surface area contributed by atoms with Crippen molar-refractivity contribution in [1.82, 2.24) is 9.88 Å². The summed E-state index contributed by atoms with van der Waals surface area (Å²) in [6.45, 7) is 3.25. The fourth-order valence-electron chi connectivity index (χ4n) is 3.85. The summed E-state index contributed by atoms with van der Waals surface area (Å²) in [4.78, 5) is 33.5. The van der Waals surface area contributed by atoms with Crippen molar-refractivity contribution >= 4 is 45.7 Å². The Bertz CT molecular complexity index is 1160. The number of benzene rings is 2. The van der Waals surface area contributed by atoms with Crippen molar-refractivity contribution in [2.45, 2.75) is 0 Å². The van der Waals surface area contributed by atoms with Gasteiger partial charge in [-0.25, -0.2) is 4.98 Å². The highest BCUT2D eigenvalue weighted by atomic mass is 32.2. The molecule has 3 heterocycles. The zero-order chi connectivity index (χ0) is 23.3. The van der Waals surface area contributed by atoms with E-state index >= 15 is 0 Å². The van der Waals surface area contributed by atoms with Crippen molar-refractivity contribution in [2.24, 2.45) is 0 Å². The van der Waals surface area contributed by atoms with E-state index in [1.807, 2.05) is 46.7 Å². The molecular formula is C24H24N4O4S2. The number of hydrogen-bond acceptors (Lipinski definition) is 8. The first kappa shape index (κ1) is 22.5. The van der Waals surface area contributed by atoms with Crippen LogP contribution < -0.4 is 19.7 Å². The number of nitrogens with zero attached hydrogens (tertiary/aromatic N) is 3. The molecule has 1 saturated heterocycles. The first-order valence-corrected chi connectivity index (χ1v) is 13.0. The molecule has 1 N–H and O–H groups in total. The maximum absolute atomic E-state index is 12.5. The van der Waals surface area contributed by atoms with Gasteiger partial charge in [0.2, 0.25) is 18.6 Å². The van der Waals surface area contributed by atoms with Gasteiger partial charge >= 0.3 is 0 Å². The zero-order valence-electron chi connectivity index (χ0n) is 18.4. The largest absolute Gasteiger partial charge is 0.454 e. The highest BCUT2D eigenvalue weighted by Gasteiger charge is 2.21. The van der Waals surface area contributed by atoms with Crippen LogP contribution in [0.4, 0.5) is 10.8 Å². The molecule has 0 unspecified atom stereocenters. The minimum absolute atomic E-state index is 0.0739. The molecule has 0 aliphatic carbocycles. The lowest BCUT2D eigenvalue weighted by Gasteiger charge is -2.36. The number of hydrogen-bond donors (Lipinski definition) is 1. The zero-order valence-corrected chi connectivity index (χ0v) is 20.1. The van der Waals surface area contributed by atoms with Gasteiger partial charge in [-0.15, -0.1) is 23.1 Å². The van der Waals surface area contributed by atoms with Crippen LogP contribution in [0.2, 0.25) is 0 Å². The molecule has 1 fully saturated rings. The smallest absolute Gasteiger partial charge is 0.236 e. The molecule has 2 aliphatic rings. The quantitative estimate of drug-likeness (QED) is 0.535. The van der Waals surface area contributed by atoms with Crippen molar-refractivity contribution in [3.05, 3.63) is 53.9 Å². The average Bonchev–Trinajstić information content (AvgIpc) is 3.53. The summed E-state index contributed by atoms with van der Waals surface area (Å²) in [5.41, 5.74) is 2.84. The number of para-hydroxylation sites is 1. The van der Waals surface area contributed by atoms with Gasteiger partial charge in [0, 0.05) is 42.8 Å². The van der Waals surface area contributed by atoms with Crippen LogP contribution >= 0.6 is 23.1 Å². The Hall–Kier alpha value is -3.24. The fraction of sp³-hybridized carbons (Fsp3) is 0.292. The minimum Gasteiger partial charge on any atom is -0.454 e. The summed E-state index contributed by atoms with van der Waals surface area (Å²) in [7, 11) is 0. The van der Waals surface area contributed by atoms with Crippen LogP contribution in [0.5, 0.6) is 11.5 Å². The lowest BCUT2D eigenvalue weighted by molar-refractivity contribution is -0.128. The number of nitrogens with one attached hydrogen (secondary N) is 1. The Morgan fingerprint density at radius 2 is 1.79 bits per heavy atom. The molecule has 10 heteroatoms. The van der Waals surface area contributed by atoms with Gasteiger partial charge in [0.1, 0.15) is 0 Å². The summed E-state index contributed by atoms with van der Waals surface area (Å²) >= 11 is 2.69. The van der Waals surface area contributed by atoms with Crippen LogP contribution in [0.15, 0.2) is 53.9 Å². The Kier molecular flexibility index (Phi) is 6.87. The summed E-state index contributed by atoms with van der Waals surface area (Å²) in [5.74, 6) is 1.81. The number of carbonyl (C=O) groups excluding carboxylic acids is 2. The number of fused-ring (bicyclic) bond motifs is 1. The number of carbonyl (C=O) groups is 2. The third kappa shape index (κ3) is 5.28. The molecule has 2 amide bonds. The van der Waals surface area contributed by atoms with E-state index in [0.29, 0.717) is 29.7 Å². The number of amides is 2. The summed E-state index contributed by atoms with van der Waals surface area (Å²) in [5, 5.41) is 5.24. The van der Waals surface area contributed by atoms with E-state index in [4.69, 9.17) is 9.47 Å². The third-order valence-corrected chi connectivity index (χ3v) is 7.31. The maximum atomic E-state index is 12.5. The SMILES string of the molecule is O=C(CSCC(=O)N1CCN(c2ccccc2)CC1)Nc1nc(-c2ccc3c(c2)OCO3)cs1. The number of thioether (sulfide) groups is 1. The molecule has 34 heavy (non-hydrogen) atoms. The Morgan fingerprint density at radius 1 is 1.00 bits per heavy atom. The van der Waals surface area contributed by atoms with Crippen molar-refractivity contribution < 1.29 is 19.1 Å². The molecule has 1 aromatic heterocycles. The first-order chi connectivity index (χ1) is 16.7. The van der Waals surface area contributed by atoms with Gasteiger partial charge in [-0.3, -0.25) is 9.59 Å². The molecular weight excluding hydrogens is 472 g/mol. The highest BCUT2D eigenvalue weighted by molar-refractivity contribution is 8.00. The minimum atomic E-state index is -0.168. The topological polar surface area (TPSA) is 84.0 Å². The Labute approximate surface area is 205 Å². The van der Waals surface area contributed by atoms with Gasteiger partial charge in [0.25, 0.3) is 0 Å². The average molecular weight is 497 g/mol. The molecule has 8 nitrogen and oxygen atoms in total. The molecule has 0 spiro atoms. The Morgan fingerprint density at radius 3 is 2.62 bits per heavy atom. The molecule has 176 valence electrons. The number of ether oxygens (including phenoxy) is 2. The van der Waals surface area contributed by atoms with E-state index in [9.17, 15) is 9.59 Å². The predicted molar refractivity (Wildman–Crippen MR) is 135 cm³/mol. The van der Waals surface area contributed by atoms with Crippen molar-refractivity contribution in [2.75, 3.05) is 54.7 Å². The van der Waals surface area contributed by atoms with Gasteiger partial charge in [0.05, 0.1) is 17.2 Å². The maximum Gasteiger partial charge on any atom is 0.236 e. The standard InChI is InChI=1S/C24H24N4O4S2/c29-22(26-24-25-19(13-34-24)17-6-7-20-21(12-17)32-16-31-20)14-33-15-23(30)28-10-8-27(9-11-28)18-4-2-1-3-5-18/h1-7,12-13H,8-11,14-16H2,(H,25,26,29). The molecule has 2 aromatic carbocycles. The second kappa shape index (κ2) is 10.4. The molecule has 2 aliphatic heterocycles. The molecule has 0 bridgehead atoms. The summed E-state index contributed by atoms with van der Waals surface area (Å²) < 4.78 is 10.7. The number of anilines is 2. The predicted octanol–water partition coefficient (Wildman–Crippen LogP) is 3.56. The number of piperazine rings is 1. The van der Waals surface area contributed by atoms with E-state index in [1.165, 1.54) is 28.8 Å². The van der Waals surface area contributed by atoms with Crippen molar-refractivity contribution in [1.29, 1.82) is 0 Å². The lowest BCUT2D eigenvalue weighted by Crippen LogP contribution is -2.49. The number of aromatic nitrogens is 1. The van der Waals surface area contributed by atoms with Crippen LogP contribution in [0.3, 0.4) is 0 Å². The van der Waals surface area contributed by atoms with Crippen molar-refractivity contribution in [3.8, 4) is 22.8 Å². The number of rotatable bonds is 7. The van der Waals surface area contributed by atoms with Gasteiger partial charge < -0.3 is 24.6 Å². The summed E-state index contributed by atoms with van der Waals surface area (Å²) in [6, 6.07) is 15.9. The first-order valence-electron chi connectivity index (χ1n) is 11.0. The molecule has 0 atom stereocenters. The number of thiazole rings is 1. The van der Waals surface area contributed by atoms with E-state index in [-0.39, 0.29) is 24.4 Å². The Balaban J connectivity index is 1.04. The third-order valence-electron chi connectivity index (χ3n) is 5.63. The van der Waals surface area contributed by atoms with Crippen LogP contribution in [-0.4, -0.2) is 66.2 Å². The van der Waals surface area contributed by atoms with Crippen LogP contribution in [0.1, 0.15) is 0 Å². The fourth-order valence-corrected chi connectivity index (χ4v) is 5.30. The van der Waals surface area contributed by atoms with E-state index in [1.54, 1.807) is 0 Å². The van der Waals surface area contributed by atoms with Crippen LogP contribution in [0.25, 0.3) is 11.3 Å². The molecule has 0 radical (unpaired) electrons. The molecule has 0 saturated carbocycles. The van der Waals surface area contributed by atoms with E-state index in [0.717, 1.165) is 30.1 Å². The van der Waals surface area contributed by atoms with Crippen molar-refractivity contribution in [3.63, 3.8) is 0 Å². The molecule has 3 aromatic rings. The highest BCUT2D eigenvalue weighted by Crippen LogP contribution is 2.36. The van der Waals surface area contributed by atoms with Gasteiger partial charge in [0.15, 0.2) is 16.6 Å². The second-order valence-corrected chi connectivity index (χ2v) is 9.69. The normalized spacial score (nSPS) is 14.8. The van der Waals surface area contributed by atoms with Gasteiger partial charge in [-0.05, 0) is 30.3 Å². The van der Waals surface area contributed by atoms with E-state index in [2.05, 4.69) is 27.3 Å². The molecule has 5 rings (SSSR count). The monoisotopic (exact) mass is 496 g/mol. The summed E-state index contributed by atoms with van der Waals surface area (Å²) in [6.07, 6.45) is 0. The van der Waals surface area contributed by atoms with E-state index < -0.39 is 0 Å². The van der Waals surface area contributed by atoms with Gasteiger partial charge in [-0.1, -0.05) is 18.2 Å². The van der Waals surface area contributed by atoms with Crippen LogP contribution in [0, 0.1) is 0 Å².